The Balaban J connectivity index is 3.33. The summed E-state index contributed by atoms with van der Waals surface area (Å²) in [5.74, 6) is -2.89. The summed E-state index contributed by atoms with van der Waals surface area (Å²) in [6, 6.07) is 0.733. The van der Waals surface area contributed by atoms with Crippen molar-refractivity contribution >= 4 is 29.0 Å². The van der Waals surface area contributed by atoms with Gasteiger partial charge in [0.15, 0.2) is 4.88 Å². The molecular formula is C6H3NO6S. The van der Waals surface area contributed by atoms with Gasteiger partial charge in [-0.1, -0.05) is 0 Å². The lowest BCUT2D eigenvalue weighted by Crippen LogP contribution is -1.97. The minimum Gasteiger partial charge on any atom is -0.477 e. The normalized spacial score (nSPS) is 9.71. The van der Waals surface area contributed by atoms with Crippen LogP contribution in [0.1, 0.15) is 19.3 Å². The molecule has 0 atom stereocenters. The molecule has 1 heterocycles. The van der Waals surface area contributed by atoms with Crippen molar-refractivity contribution in [3.8, 4) is 0 Å². The highest BCUT2D eigenvalue weighted by Gasteiger charge is 2.26. The Bertz CT molecular complexity index is 390. The molecule has 8 heteroatoms. The van der Waals surface area contributed by atoms with Crippen LogP contribution >= 0.6 is 11.3 Å². The van der Waals surface area contributed by atoms with Gasteiger partial charge < -0.3 is 10.2 Å². The van der Waals surface area contributed by atoms with Crippen molar-refractivity contribution in [2.45, 2.75) is 0 Å². The molecule has 0 bridgehead atoms. The Morgan fingerprint density at radius 2 is 1.93 bits per heavy atom. The van der Waals surface area contributed by atoms with Crippen molar-refractivity contribution in [1.82, 2.24) is 0 Å². The Labute approximate surface area is 80.4 Å². The molecule has 0 radical (unpaired) electrons. The van der Waals surface area contributed by atoms with E-state index in [0.29, 0.717) is 11.3 Å². The van der Waals surface area contributed by atoms with Crippen molar-refractivity contribution in [3.63, 3.8) is 0 Å². The van der Waals surface area contributed by atoms with Gasteiger partial charge in [-0.25, -0.2) is 9.59 Å². The SMILES string of the molecule is O=C(O)c1cc([N+](=O)[O-])c(C(=O)O)s1. The van der Waals surface area contributed by atoms with E-state index in [9.17, 15) is 19.7 Å². The van der Waals surface area contributed by atoms with E-state index in [1.54, 1.807) is 0 Å². The van der Waals surface area contributed by atoms with Gasteiger partial charge in [-0.2, -0.15) is 0 Å². The van der Waals surface area contributed by atoms with Crippen LogP contribution in [0, 0.1) is 10.1 Å². The molecule has 0 aromatic carbocycles. The van der Waals surface area contributed by atoms with E-state index in [1.807, 2.05) is 0 Å². The van der Waals surface area contributed by atoms with Crippen molar-refractivity contribution < 1.29 is 24.7 Å². The van der Waals surface area contributed by atoms with Gasteiger partial charge in [0.25, 0.3) is 5.69 Å². The predicted molar refractivity (Wildman–Crippen MR) is 44.9 cm³/mol. The van der Waals surface area contributed by atoms with Crippen LogP contribution in [0.5, 0.6) is 0 Å². The van der Waals surface area contributed by atoms with Crippen LogP contribution in [0.3, 0.4) is 0 Å². The highest BCUT2D eigenvalue weighted by Crippen LogP contribution is 2.28. The third-order valence-corrected chi connectivity index (χ3v) is 2.41. The van der Waals surface area contributed by atoms with Crippen molar-refractivity contribution in [2.24, 2.45) is 0 Å². The molecule has 0 saturated heterocycles. The highest BCUT2D eigenvalue weighted by atomic mass is 32.1. The zero-order chi connectivity index (χ0) is 10.9. The minimum absolute atomic E-state index is 0.363. The van der Waals surface area contributed by atoms with Crippen molar-refractivity contribution in [3.05, 3.63) is 25.9 Å². The van der Waals surface area contributed by atoms with E-state index in [0.717, 1.165) is 6.07 Å². The summed E-state index contributed by atoms with van der Waals surface area (Å²) in [4.78, 5) is 29.3. The fraction of sp³-hybridized carbons (Fsp3) is 0. The third kappa shape index (κ3) is 1.69. The molecule has 0 unspecified atom stereocenters. The van der Waals surface area contributed by atoms with Crippen molar-refractivity contribution in [2.75, 3.05) is 0 Å². The van der Waals surface area contributed by atoms with Gasteiger partial charge in [-0.3, -0.25) is 10.1 Å². The fourth-order valence-electron chi connectivity index (χ4n) is 0.776. The molecule has 14 heavy (non-hydrogen) atoms. The van der Waals surface area contributed by atoms with E-state index in [-0.39, 0.29) is 4.88 Å². The maximum Gasteiger partial charge on any atom is 0.353 e. The lowest BCUT2D eigenvalue weighted by atomic mass is 10.3. The van der Waals surface area contributed by atoms with Crippen LogP contribution in [0.2, 0.25) is 0 Å². The molecule has 0 aliphatic heterocycles. The maximum atomic E-state index is 10.5. The first-order valence-electron chi connectivity index (χ1n) is 3.18. The number of hydrogen-bond acceptors (Lipinski definition) is 5. The first-order chi connectivity index (χ1) is 6.43. The smallest absolute Gasteiger partial charge is 0.353 e. The van der Waals surface area contributed by atoms with Gasteiger partial charge in [0.2, 0.25) is 0 Å². The lowest BCUT2D eigenvalue weighted by Gasteiger charge is -1.86. The van der Waals surface area contributed by atoms with Crippen molar-refractivity contribution in [1.29, 1.82) is 0 Å². The van der Waals surface area contributed by atoms with Crippen LogP contribution in [0.25, 0.3) is 0 Å². The summed E-state index contributed by atoms with van der Waals surface area (Å²) >= 11 is 0.363. The molecule has 1 rings (SSSR count). The number of carboxylic acids is 2. The first kappa shape index (κ1) is 10.1. The van der Waals surface area contributed by atoms with Gasteiger partial charge in [-0.05, 0) is 0 Å². The Kier molecular flexibility index (Phi) is 2.47. The number of hydrogen-bond donors (Lipinski definition) is 2. The molecule has 0 aliphatic rings. The molecule has 0 saturated carbocycles. The van der Waals surface area contributed by atoms with E-state index < -0.39 is 27.4 Å². The van der Waals surface area contributed by atoms with E-state index in [2.05, 4.69) is 0 Å². The molecule has 1 aromatic rings. The Morgan fingerprint density at radius 3 is 2.21 bits per heavy atom. The summed E-state index contributed by atoms with van der Waals surface area (Å²) in [6.07, 6.45) is 0. The quantitative estimate of drug-likeness (QED) is 0.577. The monoisotopic (exact) mass is 217 g/mol. The average molecular weight is 217 g/mol. The van der Waals surface area contributed by atoms with Crippen LogP contribution < -0.4 is 0 Å². The highest BCUT2D eigenvalue weighted by molar-refractivity contribution is 7.16. The number of carbonyl (C=O) groups is 2. The topological polar surface area (TPSA) is 118 Å². The number of rotatable bonds is 3. The largest absolute Gasteiger partial charge is 0.477 e. The Hall–Kier alpha value is -1.96. The molecule has 1 aromatic heterocycles. The van der Waals surface area contributed by atoms with E-state index >= 15 is 0 Å². The van der Waals surface area contributed by atoms with Crippen LogP contribution in [0.4, 0.5) is 5.69 Å². The summed E-state index contributed by atoms with van der Waals surface area (Å²) in [7, 11) is 0. The Morgan fingerprint density at radius 1 is 1.36 bits per heavy atom. The molecule has 74 valence electrons. The minimum atomic E-state index is -1.51. The molecule has 0 aliphatic carbocycles. The first-order valence-corrected chi connectivity index (χ1v) is 4.00. The van der Waals surface area contributed by atoms with Gasteiger partial charge in [0.1, 0.15) is 4.88 Å². The van der Waals surface area contributed by atoms with Crippen LogP contribution in [-0.4, -0.2) is 27.1 Å². The summed E-state index contributed by atoms with van der Waals surface area (Å²) in [5, 5.41) is 27.3. The average Bonchev–Trinajstić information content (AvgIpc) is 2.47. The van der Waals surface area contributed by atoms with E-state index in [1.165, 1.54) is 0 Å². The molecule has 0 spiro atoms. The number of thiophene rings is 1. The summed E-state index contributed by atoms with van der Waals surface area (Å²) in [5.41, 5.74) is -0.695. The van der Waals surface area contributed by atoms with Gasteiger partial charge in [0, 0.05) is 6.07 Å². The van der Waals surface area contributed by atoms with Gasteiger partial charge >= 0.3 is 11.9 Å². The number of aromatic carboxylic acids is 2. The second-order valence-corrected chi connectivity index (χ2v) is 3.24. The van der Waals surface area contributed by atoms with E-state index in [4.69, 9.17) is 10.2 Å². The molecule has 2 N–H and O–H groups in total. The van der Waals surface area contributed by atoms with Gasteiger partial charge in [-0.15, -0.1) is 11.3 Å². The second-order valence-electron chi connectivity index (χ2n) is 2.19. The molecule has 0 amide bonds. The standard InChI is InChI=1S/C6H3NO6S/c8-5(9)3-1-2(7(12)13)4(14-3)6(10)11/h1H,(H,8,9)(H,10,11). The number of nitro groups is 1. The summed E-state index contributed by atoms with van der Waals surface area (Å²) in [6.45, 7) is 0. The zero-order valence-corrected chi connectivity index (χ0v) is 7.28. The number of nitrogens with zero attached hydrogens (tertiary/aromatic N) is 1. The maximum absolute atomic E-state index is 10.5. The summed E-state index contributed by atoms with van der Waals surface area (Å²) < 4.78 is 0. The molecule has 0 fully saturated rings. The fourth-order valence-corrected chi connectivity index (χ4v) is 1.58. The van der Waals surface area contributed by atoms with Gasteiger partial charge in [0.05, 0.1) is 4.92 Å². The second kappa shape index (κ2) is 3.42. The third-order valence-electron chi connectivity index (χ3n) is 1.31. The molecular weight excluding hydrogens is 214 g/mol. The predicted octanol–water partition coefficient (Wildman–Crippen LogP) is 1.05. The zero-order valence-electron chi connectivity index (χ0n) is 6.46. The number of carboxylic acid groups (broad SMARTS) is 2. The lowest BCUT2D eigenvalue weighted by molar-refractivity contribution is -0.384. The molecule has 7 nitrogen and oxygen atoms in total. The van der Waals surface area contributed by atoms with Crippen LogP contribution in [-0.2, 0) is 0 Å². The van der Waals surface area contributed by atoms with Crippen LogP contribution in [0.15, 0.2) is 6.07 Å².